The van der Waals surface area contributed by atoms with Gasteiger partial charge in [0.1, 0.15) is 5.65 Å². The Balaban J connectivity index is 1.61. The summed E-state index contributed by atoms with van der Waals surface area (Å²) in [7, 11) is -4.55. The molecule has 0 radical (unpaired) electrons. The zero-order valence-electron chi connectivity index (χ0n) is 16.3. The molecule has 5 nitrogen and oxygen atoms in total. The lowest BCUT2D eigenvalue weighted by Crippen LogP contribution is -2.38. The number of benzene rings is 1. The Labute approximate surface area is 179 Å². The van der Waals surface area contributed by atoms with E-state index in [1.54, 1.807) is 18.5 Å². The summed E-state index contributed by atoms with van der Waals surface area (Å²) in [6, 6.07) is 4.06. The number of alkyl halides is 6. The molecule has 1 aliphatic rings. The highest BCUT2D eigenvalue weighted by Gasteiger charge is 2.39. The molecule has 3 heterocycles. The molecular formula is C20H17F6N3O2S. The van der Waals surface area contributed by atoms with Crippen LogP contribution >= 0.6 is 0 Å². The van der Waals surface area contributed by atoms with E-state index < -0.39 is 38.4 Å². The van der Waals surface area contributed by atoms with Gasteiger partial charge in [-0.2, -0.15) is 30.6 Å². The van der Waals surface area contributed by atoms with Gasteiger partial charge in [-0.05, 0) is 54.7 Å². The molecule has 0 amide bonds. The average molecular weight is 477 g/mol. The molecule has 0 saturated carbocycles. The minimum absolute atomic E-state index is 0.0216. The third-order valence-corrected chi connectivity index (χ3v) is 7.45. The largest absolute Gasteiger partial charge is 0.416 e. The van der Waals surface area contributed by atoms with Crippen LogP contribution in [0.5, 0.6) is 0 Å². The number of nitrogens with one attached hydrogen (secondary N) is 1. The Morgan fingerprint density at radius 1 is 0.969 bits per heavy atom. The maximum atomic E-state index is 13.1. The Kier molecular flexibility index (Phi) is 5.48. The van der Waals surface area contributed by atoms with Gasteiger partial charge in [0.05, 0.1) is 16.0 Å². The molecule has 1 fully saturated rings. The molecule has 0 unspecified atom stereocenters. The van der Waals surface area contributed by atoms with Crippen molar-refractivity contribution in [1.82, 2.24) is 14.3 Å². The molecular weight excluding hydrogens is 460 g/mol. The van der Waals surface area contributed by atoms with Crippen LogP contribution in [0.3, 0.4) is 0 Å². The zero-order valence-corrected chi connectivity index (χ0v) is 17.2. The van der Waals surface area contributed by atoms with Crippen LogP contribution in [0.1, 0.15) is 35.4 Å². The molecule has 0 atom stereocenters. The number of hydrogen-bond acceptors (Lipinski definition) is 3. The number of sulfonamides is 1. The number of fused-ring (bicyclic) bond motifs is 1. The van der Waals surface area contributed by atoms with E-state index in [0.29, 0.717) is 18.5 Å². The quantitative estimate of drug-likeness (QED) is 0.530. The highest BCUT2D eigenvalue weighted by Crippen LogP contribution is 2.39. The SMILES string of the molecule is O=S(=O)(c1cc(C(F)(F)F)cc(C(F)(F)F)c1)N1CCC(c2c[nH]c3ncccc23)CC1. The number of aromatic amines is 1. The first-order valence-electron chi connectivity index (χ1n) is 9.59. The van der Waals surface area contributed by atoms with Gasteiger partial charge in [-0.3, -0.25) is 0 Å². The van der Waals surface area contributed by atoms with Crippen molar-refractivity contribution >= 4 is 21.1 Å². The minimum atomic E-state index is -5.12. The fourth-order valence-corrected chi connectivity index (χ4v) is 5.49. The maximum absolute atomic E-state index is 13.1. The van der Waals surface area contributed by atoms with Crippen molar-refractivity contribution in [2.24, 2.45) is 0 Å². The maximum Gasteiger partial charge on any atom is 0.416 e. The number of pyridine rings is 1. The van der Waals surface area contributed by atoms with Crippen LogP contribution < -0.4 is 0 Å². The smallest absolute Gasteiger partial charge is 0.346 e. The monoisotopic (exact) mass is 477 g/mol. The fraction of sp³-hybridized carbons (Fsp3) is 0.350. The van der Waals surface area contributed by atoms with E-state index in [-0.39, 0.29) is 37.2 Å². The molecule has 2 aromatic heterocycles. The molecule has 0 bridgehead atoms. The van der Waals surface area contributed by atoms with E-state index in [9.17, 15) is 34.8 Å². The predicted molar refractivity (Wildman–Crippen MR) is 103 cm³/mol. The van der Waals surface area contributed by atoms with Gasteiger partial charge >= 0.3 is 12.4 Å². The molecule has 172 valence electrons. The molecule has 1 saturated heterocycles. The molecule has 4 rings (SSSR count). The molecule has 32 heavy (non-hydrogen) atoms. The first-order chi connectivity index (χ1) is 14.9. The summed E-state index contributed by atoms with van der Waals surface area (Å²) in [4.78, 5) is 6.22. The predicted octanol–water partition coefficient (Wildman–Crippen LogP) is 5.17. The van der Waals surface area contributed by atoms with Gasteiger partial charge < -0.3 is 4.98 Å². The number of aromatic nitrogens is 2. The van der Waals surface area contributed by atoms with E-state index in [1.807, 2.05) is 6.07 Å². The van der Waals surface area contributed by atoms with Crippen molar-refractivity contribution in [3.05, 3.63) is 59.4 Å². The van der Waals surface area contributed by atoms with Crippen LogP contribution in [0.15, 0.2) is 47.6 Å². The number of rotatable bonds is 3. The summed E-state index contributed by atoms with van der Waals surface area (Å²) >= 11 is 0. The van der Waals surface area contributed by atoms with E-state index in [2.05, 4.69) is 9.97 Å². The lowest BCUT2D eigenvalue weighted by Gasteiger charge is -2.31. The van der Waals surface area contributed by atoms with Gasteiger partial charge in [-0.15, -0.1) is 0 Å². The molecule has 1 aromatic carbocycles. The summed E-state index contributed by atoms with van der Waals surface area (Å²) in [6.45, 7) is -0.0605. The normalized spacial score (nSPS) is 17.2. The standard InChI is InChI=1S/C20H17F6N3O2S/c21-19(22,23)13-8-14(20(24,25)26)10-15(9-13)32(30,31)29-6-3-12(4-7-29)17-11-28-18-16(17)2-1-5-27-18/h1-2,5,8-12H,3-4,6-7H2,(H,27,28). The van der Waals surface area contributed by atoms with Crippen molar-refractivity contribution in [3.63, 3.8) is 0 Å². The Bertz CT molecular complexity index is 1210. The van der Waals surface area contributed by atoms with E-state index >= 15 is 0 Å². The van der Waals surface area contributed by atoms with Crippen LogP contribution in [-0.2, 0) is 22.4 Å². The van der Waals surface area contributed by atoms with Crippen LogP contribution in [0, 0.1) is 0 Å². The van der Waals surface area contributed by atoms with E-state index in [1.165, 1.54) is 0 Å². The minimum Gasteiger partial charge on any atom is -0.346 e. The highest BCUT2D eigenvalue weighted by atomic mass is 32.2. The Hall–Kier alpha value is -2.60. The number of piperidine rings is 1. The molecule has 1 aliphatic heterocycles. The third-order valence-electron chi connectivity index (χ3n) is 5.58. The Morgan fingerprint density at radius 2 is 1.56 bits per heavy atom. The van der Waals surface area contributed by atoms with Crippen molar-refractivity contribution in [3.8, 4) is 0 Å². The van der Waals surface area contributed by atoms with Gasteiger partial charge in [-0.1, -0.05) is 0 Å². The first-order valence-corrected chi connectivity index (χ1v) is 11.0. The van der Waals surface area contributed by atoms with Crippen LogP contribution in [0.2, 0.25) is 0 Å². The Morgan fingerprint density at radius 3 is 2.12 bits per heavy atom. The van der Waals surface area contributed by atoms with Crippen molar-refractivity contribution in [1.29, 1.82) is 0 Å². The van der Waals surface area contributed by atoms with Crippen molar-refractivity contribution in [2.75, 3.05) is 13.1 Å². The molecule has 12 heteroatoms. The van der Waals surface area contributed by atoms with Crippen LogP contribution in [0.25, 0.3) is 11.0 Å². The summed E-state index contributed by atoms with van der Waals surface area (Å²) in [5, 5.41) is 0.890. The molecule has 3 aromatic rings. The topological polar surface area (TPSA) is 66.1 Å². The van der Waals surface area contributed by atoms with Crippen LogP contribution in [-0.4, -0.2) is 35.8 Å². The third kappa shape index (κ3) is 4.20. The zero-order chi connectivity index (χ0) is 23.3. The molecule has 0 aliphatic carbocycles. The summed E-state index contributed by atoms with van der Waals surface area (Å²) < 4.78 is 106. The first kappa shape index (κ1) is 22.6. The van der Waals surface area contributed by atoms with Gasteiger partial charge in [0.25, 0.3) is 0 Å². The van der Waals surface area contributed by atoms with Crippen LogP contribution in [0.4, 0.5) is 26.3 Å². The van der Waals surface area contributed by atoms with Gasteiger partial charge in [0.15, 0.2) is 0 Å². The van der Waals surface area contributed by atoms with Crippen molar-refractivity contribution in [2.45, 2.75) is 36.0 Å². The molecule has 1 N–H and O–H groups in total. The van der Waals surface area contributed by atoms with E-state index in [0.717, 1.165) is 15.3 Å². The fourth-order valence-electron chi connectivity index (χ4n) is 3.95. The van der Waals surface area contributed by atoms with Gasteiger partial charge in [0.2, 0.25) is 10.0 Å². The van der Waals surface area contributed by atoms with Crippen molar-refractivity contribution < 1.29 is 34.8 Å². The second kappa shape index (κ2) is 7.77. The highest BCUT2D eigenvalue weighted by molar-refractivity contribution is 7.89. The van der Waals surface area contributed by atoms with Gasteiger partial charge in [-0.25, -0.2) is 13.4 Å². The lowest BCUT2D eigenvalue weighted by molar-refractivity contribution is -0.143. The number of nitrogens with zero attached hydrogens (tertiary/aromatic N) is 2. The lowest BCUT2D eigenvalue weighted by atomic mass is 9.90. The number of halogens is 6. The van der Waals surface area contributed by atoms with Gasteiger partial charge in [0, 0.05) is 30.9 Å². The average Bonchev–Trinajstić information content (AvgIpc) is 3.16. The summed E-state index contributed by atoms with van der Waals surface area (Å²) in [5.74, 6) is -0.0216. The molecule has 0 spiro atoms. The second-order valence-electron chi connectivity index (χ2n) is 7.56. The number of hydrogen-bond donors (Lipinski definition) is 1. The van der Waals surface area contributed by atoms with E-state index in [4.69, 9.17) is 0 Å². The summed E-state index contributed by atoms with van der Waals surface area (Å²) in [6.07, 6.45) is -6.10. The number of H-pyrrole nitrogens is 1. The second-order valence-corrected chi connectivity index (χ2v) is 9.50. The summed E-state index contributed by atoms with van der Waals surface area (Å²) in [5.41, 5.74) is -1.69.